The molecular weight excluding hydrogens is 256 g/mol. The molecule has 1 aromatic carbocycles. The summed E-state index contributed by atoms with van der Waals surface area (Å²) in [6.07, 6.45) is 0. The van der Waals surface area contributed by atoms with Crippen LogP contribution in [-0.4, -0.2) is 36.8 Å². The Bertz CT molecular complexity index is 650. The van der Waals surface area contributed by atoms with Crippen LogP contribution in [0.4, 0.5) is 11.4 Å². The Morgan fingerprint density at radius 3 is 2.78 bits per heavy atom. The van der Waals surface area contributed by atoms with E-state index in [1.165, 1.54) is 0 Å². The van der Waals surface area contributed by atoms with Crippen LogP contribution in [-0.2, 0) is 9.84 Å². The molecule has 7 nitrogen and oxygen atoms in total. The van der Waals surface area contributed by atoms with Crippen molar-refractivity contribution in [3.8, 4) is 0 Å². The number of aromatic nitrogens is 2. The van der Waals surface area contributed by atoms with Crippen molar-refractivity contribution in [3.05, 3.63) is 12.1 Å². The van der Waals surface area contributed by atoms with Gasteiger partial charge in [-0.05, 0) is 22.4 Å². The minimum Gasteiger partial charge on any atom is -0.397 e. The summed E-state index contributed by atoms with van der Waals surface area (Å²) < 4.78 is 27.3. The first-order valence-electron chi connectivity index (χ1n) is 5.48. The lowest BCUT2D eigenvalue weighted by molar-refractivity contribution is 0.316. The van der Waals surface area contributed by atoms with E-state index in [0.29, 0.717) is 29.0 Å². The maximum Gasteiger partial charge on any atom is 0.160 e. The van der Waals surface area contributed by atoms with E-state index in [0.717, 1.165) is 0 Å². The number of benzene rings is 1. The Balaban J connectivity index is 2.13. The number of fused-ring (bicyclic) bond motifs is 1. The van der Waals surface area contributed by atoms with Gasteiger partial charge >= 0.3 is 0 Å². The van der Waals surface area contributed by atoms with Crippen LogP contribution in [0.1, 0.15) is 6.92 Å². The predicted octanol–water partition coefficient (Wildman–Crippen LogP) is 0.652. The van der Waals surface area contributed by atoms with Crippen LogP contribution in [0.15, 0.2) is 16.8 Å². The van der Waals surface area contributed by atoms with Gasteiger partial charge in [-0.1, -0.05) is 6.92 Å². The summed E-state index contributed by atoms with van der Waals surface area (Å²) in [5.41, 5.74) is 7.81. The molecule has 2 rings (SSSR count). The number of nitrogen functional groups attached to an aromatic ring is 1. The second kappa shape index (κ2) is 4.81. The zero-order chi connectivity index (χ0) is 13.2. The van der Waals surface area contributed by atoms with E-state index in [4.69, 9.17) is 5.73 Å². The third kappa shape index (κ3) is 2.53. The summed E-state index contributed by atoms with van der Waals surface area (Å²) in [7, 11) is -2.98. The molecule has 0 fully saturated rings. The normalized spacial score (nSPS) is 11.8. The molecule has 98 valence electrons. The predicted molar refractivity (Wildman–Crippen MR) is 69.0 cm³/mol. The van der Waals surface area contributed by atoms with Crippen LogP contribution in [0.2, 0.25) is 0 Å². The molecule has 8 heteroatoms. The van der Waals surface area contributed by atoms with Gasteiger partial charge in [-0.25, -0.2) is 13.0 Å². The maximum absolute atomic E-state index is 11.4. The van der Waals surface area contributed by atoms with E-state index in [1.54, 1.807) is 19.1 Å². The molecule has 0 saturated carbocycles. The van der Waals surface area contributed by atoms with Gasteiger partial charge in [0.25, 0.3) is 0 Å². The molecule has 2 aromatic rings. The largest absolute Gasteiger partial charge is 0.397 e. The maximum atomic E-state index is 11.4. The molecule has 0 unspecified atom stereocenters. The fourth-order valence-electron chi connectivity index (χ4n) is 1.51. The van der Waals surface area contributed by atoms with Crippen molar-refractivity contribution in [2.45, 2.75) is 6.92 Å². The van der Waals surface area contributed by atoms with Crippen molar-refractivity contribution in [1.82, 2.24) is 10.3 Å². The third-order valence-corrected chi connectivity index (χ3v) is 4.32. The number of rotatable bonds is 5. The molecule has 3 N–H and O–H groups in total. The van der Waals surface area contributed by atoms with Crippen LogP contribution in [0.5, 0.6) is 0 Å². The fraction of sp³-hybridized carbons (Fsp3) is 0.400. The highest BCUT2D eigenvalue weighted by molar-refractivity contribution is 7.91. The van der Waals surface area contributed by atoms with Crippen molar-refractivity contribution in [1.29, 1.82) is 0 Å². The van der Waals surface area contributed by atoms with Crippen molar-refractivity contribution in [2.24, 2.45) is 0 Å². The SMILES string of the molecule is CCS(=O)(=O)CCNc1ccc(N)c2nonc12. The summed E-state index contributed by atoms with van der Waals surface area (Å²) in [6.45, 7) is 1.93. The molecule has 0 atom stereocenters. The molecule has 0 bridgehead atoms. The number of nitrogens with two attached hydrogens (primary N) is 1. The molecule has 0 radical (unpaired) electrons. The number of sulfone groups is 1. The first kappa shape index (κ1) is 12.6. The topological polar surface area (TPSA) is 111 Å². The minimum atomic E-state index is -2.98. The molecular formula is C10H14N4O3S. The number of nitrogens with one attached hydrogen (secondary N) is 1. The summed E-state index contributed by atoms with van der Waals surface area (Å²) in [5.74, 6) is 0.206. The number of hydrogen-bond acceptors (Lipinski definition) is 7. The van der Waals surface area contributed by atoms with Crippen LogP contribution < -0.4 is 11.1 Å². The quantitative estimate of drug-likeness (QED) is 0.767. The molecule has 1 heterocycles. The van der Waals surface area contributed by atoms with Gasteiger partial charge in [0.15, 0.2) is 20.9 Å². The summed E-state index contributed by atoms with van der Waals surface area (Å²) in [4.78, 5) is 0. The Morgan fingerprint density at radius 2 is 2.06 bits per heavy atom. The third-order valence-electron chi connectivity index (χ3n) is 2.61. The number of nitrogens with zero attached hydrogens (tertiary/aromatic N) is 2. The fourth-order valence-corrected chi connectivity index (χ4v) is 2.22. The molecule has 0 aliphatic carbocycles. The van der Waals surface area contributed by atoms with Crippen molar-refractivity contribution >= 4 is 32.2 Å². The van der Waals surface area contributed by atoms with E-state index in [1.807, 2.05) is 0 Å². The van der Waals surface area contributed by atoms with Crippen LogP contribution in [0.3, 0.4) is 0 Å². The molecule has 0 amide bonds. The second-order valence-electron chi connectivity index (χ2n) is 3.83. The van der Waals surface area contributed by atoms with E-state index in [-0.39, 0.29) is 11.5 Å². The lowest BCUT2D eigenvalue weighted by atomic mass is 10.2. The van der Waals surface area contributed by atoms with Gasteiger partial charge in [-0.3, -0.25) is 0 Å². The zero-order valence-electron chi connectivity index (χ0n) is 9.88. The zero-order valence-corrected chi connectivity index (χ0v) is 10.7. The average molecular weight is 270 g/mol. The Kier molecular flexibility index (Phi) is 3.37. The van der Waals surface area contributed by atoms with Crippen LogP contribution >= 0.6 is 0 Å². The summed E-state index contributed by atoms with van der Waals surface area (Å²) in [5, 5.41) is 10.4. The standard InChI is InChI=1S/C10H14N4O3S/c1-2-18(15,16)6-5-12-8-4-3-7(11)9-10(8)14-17-13-9/h3-4,12H,2,5-6,11H2,1H3. The second-order valence-corrected chi connectivity index (χ2v) is 6.30. The smallest absolute Gasteiger partial charge is 0.160 e. The van der Waals surface area contributed by atoms with Gasteiger partial charge in [-0.15, -0.1) is 0 Å². The number of anilines is 2. The van der Waals surface area contributed by atoms with Gasteiger partial charge in [0.1, 0.15) is 0 Å². The average Bonchev–Trinajstić information content (AvgIpc) is 2.82. The van der Waals surface area contributed by atoms with E-state index in [2.05, 4.69) is 20.3 Å². The highest BCUT2D eigenvalue weighted by atomic mass is 32.2. The van der Waals surface area contributed by atoms with Crippen molar-refractivity contribution < 1.29 is 13.0 Å². The van der Waals surface area contributed by atoms with Gasteiger partial charge in [0, 0.05) is 12.3 Å². The number of hydrogen-bond donors (Lipinski definition) is 2. The van der Waals surface area contributed by atoms with Gasteiger partial charge in [0.05, 0.1) is 17.1 Å². The molecule has 0 spiro atoms. The van der Waals surface area contributed by atoms with Crippen molar-refractivity contribution in [2.75, 3.05) is 29.1 Å². The molecule has 0 aliphatic heterocycles. The van der Waals surface area contributed by atoms with E-state index in [9.17, 15) is 8.42 Å². The molecule has 0 aliphatic rings. The molecule has 18 heavy (non-hydrogen) atoms. The lowest BCUT2D eigenvalue weighted by Crippen LogP contribution is -2.17. The van der Waals surface area contributed by atoms with Crippen molar-refractivity contribution in [3.63, 3.8) is 0 Å². The summed E-state index contributed by atoms with van der Waals surface area (Å²) in [6, 6.07) is 3.39. The first-order valence-corrected chi connectivity index (χ1v) is 7.30. The van der Waals surface area contributed by atoms with Gasteiger partial charge in [0.2, 0.25) is 0 Å². The highest BCUT2D eigenvalue weighted by Crippen LogP contribution is 2.24. The van der Waals surface area contributed by atoms with E-state index >= 15 is 0 Å². The molecule has 1 aromatic heterocycles. The Hall–Kier alpha value is -1.83. The molecule has 0 saturated heterocycles. The Labute approximate surface area is 104 Å². The van der Waals surface area contributed by atoms with E-state index < -0.39 is 9.84 Å². The monoisotopic (exact) mass is 270 g/mol. The van der Waals surface area contributed by atoms with Crippen LogP contribution in [0, 0.1) is 0 Å². The minimum absolute atomic E-state index is 0.0701. The highest BCUT2D eigenvalue weighted by Gasteiger charge is 2.11. The first-order chi connectivity index (χ1) is 8.53. The van der Waals surface area contributed by atoms with Gasteiger partial charge < -0.3 is 11.1 Å². The van der Waals surface area contributed by atoms with Crippen LogP contribution in [0.25, 0.3) is 11.0 Å². The Morgan fingerprint density at radius 1 is 1.33 bits per heavy atom. The summed E-state index contributed by atoms with van der Waals surface area (Å²) >= 11 is 0. The van der Waals surface area contributed by atoms with Gasteiger partial charge in [-0.2, -0.15) is 0 Å². The lowest BCUT2D eigenvalue weighted by Gasteiger charge is -2.06.